The Kier molecular flexibility index (Phi) is 5.14. The van der Waals surface area contributed by atoms with Crippen LogP contribution in [0, 0.1) is 5.92 Å². The van der Waals surface area contributed by atoms with Crippen LogP contribution in [-0.2, 0) is 4.79 Å². The van der Waals surface area contributed by atoms with E-state index in [9.17, 15) is 4.79 Å². The molecule has 120 valence electrons. The Morgan fingerprint density at radius 3 is 2.73 bits per heavy atom. The van der Waals surface area contributed by atoms with Crippen molar-refractivity contribution in [2.45, 2.75) is 51.0 Å². The fourth-order valence-corrected chi connectivity index (χ4v) is 3.96. The van der Waals surface area contributed by atoms with Gasteiger partial charge in [-0.25, -0.2) is 0 Å². The molecule has 3 heteroatoms. The monoisotopic (exact) mass is 300 g/mol. The van der Waals surface area contributed by atoms with Gasteiger partial charge in [-0.15, -0.1) is 0 Å². The van der Waals surface area contributed by atoms with Crippen molar-refractivity contribution < 1.29 is 4.79 Å². The lowest BCUT2D eigenvalue weighted by Gasteiger charge is -2.30. The molecule has 1 saturated heterocycles. The maximum absolute atomic E-state index is 12.3. The van der Waals surface area contributed by atoms with Crippen LogP contribution >= 0.6 is 0 Å². The second-order valence-electron chi connectivity index (χ2n) is 7.07. The van der Waals surface area contributed by atoms with Crippen LogP contribution in [0.25, 0.3) is 0 Å². The standard InChI is InChI=1S/C19H28N2O/c1-15-7-5-6-10-18(15)20-19(22)14-21-12-11-17(13-21)16-8-3-2-4-9-16/h2-4,8-9,15,17-18H,5-7,10-14H2,1H3,(H,20,22)/t15-,17+,18-/m1/s1. The van der Waals surface area contributed by atoms with E-state index in [1.54, 1.807) is 0 Å². The van der Waals surface area contributed by atoms with Gasteiger partial charge in [-0.1, -0.05) is 50.1 Å². The Labute approximate surface area is 134 Å². The SMILES string of the molecule is C[C@@H]1CCCC[C@H]1NC(=O)CN1CC[C@H](c2ccccc2)C1. The van der Waals surface area contributed by atoms with Gasteiger partial charge < -0.3 is 5.32 Å². The van der Waals surface area contributed by atoms with Gasteiger partial charge in [-0.05, 0) is 43.2 Å². The lowest BCUT2D eigenvalue weighted by atomic mass is 9.86. The normalized spacial score (nSPS) is 29.4. The van der Waals surface area contributed by atoms with Crippen molar-refractivity contribution >= 4 is 5.91 Å². The summed E-state index contributed by atoms with van der Waals surface area (Å²) >= 11 is 0. The summed E-state index contributed by atoms with van der Waals surface area (Å²) in [5.41, 5.74) is 1.41. The third kappa shape index (κ3) is 3.89. The van der Waals surface area contributed by atoms with Crippen LogP contribution in [0.15, 0.2) is 30.3 Å². The Hall–Kier alpha value is -1.35. The molecule has 0 bridgehead atoms. The fourth-order valence-electron chi connectivity index (χ4n) is 3.96. The van der Waals surface area contributed by atoms with Crippen LogP contribution in [0.5, 0.6) is 0 Å². The largest absolute Gasteiger partial charge is 0.352 e. The zero-order valence-electron chi connectivity index (χ0n) is 13.6. The second-order valence-corrected chi connectivity index (χ2v) is 7.07. The Morgan fingerprint density at radius 2 is 1.95 bits per heavy atom. The maximum Gasteiger partial charge on any atom is 0.234 e. The smallest absolute Gasteiger partial charge is 0.234 e. The molecular weight excluding hydrogens is 272 g/mol. The van der Waals surface area contributed by atoms with Gasteiger partial charge in [0.15, 0.2) is 0 Å². The van der Waals surface area contributed by atoms with Crippen molar-refractivity contribution in [2.24, 2.45) is 5.92 Å². The molecule has 1 aromatic rings. The molecule has 22 heavy (non-hydrogen) atoms. The summed E-state index contributed by atoms with van der Waals surface area (Å²) in [6.07, 6.45) is 6.15. The van der Waals surface area contributed by atoms with Crippen molar-refractivity contribution in [1.29, 1.82) is 0 Å². The van der Waals surface area contributed by atoms with Gasteiger partial charge >= 0.3 is 0 Å². The third-order valence-corrected chi connectivity index (χ3v) is 5.37. The number of rotatable bonds is 4. The van der Waals surface area contributed by atoms with Crippen LogP contribution in [0.3, 0.4) is 0 Å². The summed E-state index contributed by atoms with van der Waals surface area (Å²) in [6.45, 7) is 4.88. The number of carbonyl (C=O) groups excluding carboxylic acids is 1. The highest BCUT2D eigenvalue weighted by atomic mass is 16.2. The highest BCUT2D eigenvalue weighted by Crippen LogP contribution is 2.27. The van der Waals surface area contributed by atoms with E-state index in [1.165, 1.54) is 24.8 Å². The zero-order valence-corrected chi connectivity index (χ0v) is 13.6. The average molecular weight is 300 g/mol. The minimum Gasteiger partial charge on any atom is -0.352 e. The van der Waals surface area contributed by atoms with Gasteiger partial charge in [0.05, 0.1) is 6.54 Å². The number of likely N-dealkylation sites (tertiary alicyclic amines) is 1. The molecule has 0 spiro atoms. The molecule has 1 aliphatic carbocycles. The molecule has 1 aliphatic heterocycles. The number of nitrogens with one attached hydrogen (secondary N) is 1. The van der Waals surface area contributed by atoms with E-state index < -0.39 is 0 Å². The number of benzene rings is 1. The Bertz CT molecular complexity index is 487. The molecule has 0 aromatic heterocycles. The number of hydrogen-bond donors (Lipinski definition) is 1. The first-order valence-electron chi connectivity index (χ1n) is 8.79. The van der Waals surface area contributed by atoms with E-state index in [2.05, 4.69) is 47.5 Å². The van der Waals surface area contributed by atoms with Gasteiger partial charge in [0.25, 0.3) is 0 Å². The van der Waals surface area contributed by atoms with Crippen LogP contribution < -0.4 is 5.32 Å². The predicted octanol–water partition coefficient (Wildman–Crippen LogP) is 3.17. The molecule has 1 aromatic carbocycles. The van der Waals surface area contributed by atoms with E-state index in [1.807, 2.05) is 0 Å². The zero-order chi connectivity index (χ0) is 15.4. The molecule has 2 aliphatic rings. The summed E-state index contributed by atoms with van der Waals surface area (Å²) < 4.78 is 0. The van der Waals surface area contributed by atoms with E-state index >= 15 is 0 Å². The predicted molar refractivity (Wildman–Crippen MR) is 89.8 cm³/mol. The van der Waals surface area contributed by atoms with Crippen LogP contribution in [0.2, 0.25) is 0 Å². The molecule has 2 fully saturated rings. The molecule has 1 heterocycles. The number of carbonyl (C=O) groups is 1. The van der Waals surface area contributed by atoms with E-state index in [4.69, 9.17) is 0 Å². The summed E-state index contributed by atoms with van der Waals surface area (Å²) in [4.78, 5) is 14.6. The number of nitrogens with zero attached hydrogens (tertiary/aromatic N) is 1. The summed E-state index contributed by atoms with van der Waals surface area (Å²) in [7, 11) is 0. The van der Waals surface area contributed by atoms with Gasteiger partial charge in [0, 0.05) is 12.6 Å². The van der Waals surface area contributed by atoms with Crippen LogP contribution in [-0.4, -0.2) is 36.5 Å². The highest BCUT2D eigenvalue weighted by Gasteiger charge is 2.27. The molecule has 0 unspecified atom stereocenters. The molecule has 1 N–H and O–H groups in total. The van der Waals surface area contributed by atoms with Crippen molar-refractivity contribution in [3.05, 3.63) is 35.9 Å². The summed E-state index contributed by atoms with van der Waals surface area (Å²) in [5, 5.41) is 3.27. The lowest BCUT2D eigenvalue weighted by Crippen LogP contribution is -2.45. The second kappa shape index (κ2) is 7.28. The molecule has 3 rings (SSSR count). The minimum atomic E-state index is 0.215. The number of amides is 1. The molecule has 3 atom stereocenters. The van der Waals surface area contributed by atoms with Gasteiger partial charge in [-0.2, -0.15) is 0 Å². The van der Waals surface area contributed by atoms with Crippen LogP contribution in [0.4, 0.5) is 0 Å². The minimum absolute atomic E-state index is 0.215. The molecule has 0 radical (unpaired) electrons. The van der Waals surface area contributed by atoms with Crippen molar-refractivity contribution in [3.63, 3.8) is 0 Å². The average Bonchev–Trinajstić information content (AvgIpc) is 2.99. The molecule has 3 nitrogen and oxygen atoms in total. The highest BCUT2D eigenvalue weighted by molar-refractivity contribution is 5.78. The quantitative estimate of drug-likeness (QED) is 0.926. The Morgan fingerprint density at radius 1 is 1.18 bits per heavy atom. The van der Waals surface area contributed by atoms with Crippen molar-refractivity contribution in [2.75, 3.05) is 19.6 Å². The summed E-state index contributed by atoms with van der Waals surface area (Å²) in [6, 6.07) is 11.1. The van der Waals surface area contributed by atoms with Crippen LogP contribution in [0.1, 0.15) is 50.5 Å². The van der Waals surface area contributed by atoms with Gasteiger partial charge in [-0.3, -0.25) is 9.69 Å². The van der Waals surface area contributed by atoms with E-state index in [0.29, 0.717) is 24.4 Å². The molecule has 1 saturated carbocycles. The van der Waals surface area contributed by atoms with Crippen molar-refractivity contribution in [1.82, 2.24) is 10.2 Å². The molecular formula is C19H28N2O. The Balaban J connectivity index is 1.46. The first kappa shape index (κ1) is 15.5. The third-order valence-electron chi connectivity index (χ3n) is 5.37. The van der Waals surface area contributed by atoms with Gasteiger partial charge in [0.1, 0.15) is 0 Å². The first-order chi connectivity index (χ1) is 10.7. The first-order valence-corrected chi connectivity index (χ1v) is 8.79. The summed E-state index contributed by atoms with van der Waals surface area (Å²) in [5.74, 6) is 1.43. The maximum atomic E-state index is 12.3. The fraction of sp³-hybridized carbons (Fsp3) is 0.632. The lowest BCUT2D eigenvalue weighted by molar-refractivity contribution is -0.123. The topological polar surface area (TPSA) is 32.3 Å². The van der Waals surface area contributed by atoms with E-state index in [0.717, 1.165) is 25.9 Å². The molecule has 1 amide bonds. The van der Waals surface area contributed by atoms with Crippen molar-refractivity contribution in [3.8, 4) is 0 Å². The number of hydrogen-bond acceptors (Lipinski definition) is 2. The van der Waals surface area contributed by atoms with Gasteiger partial charge in [0.2, 0.25) is 5.91 Å². The van der Waals surface area contributed by atoms with E-state index in [-0.39, 0.29) is 5.91 Å².